The lowest BCUT2D eigenvalue weighted by molar-refractivity contribution is 1.09. The second-order valence-electron chi connectivity index (χ2n) is 4.99. The van der Waals surface area contributed by atoms with Gasteiger partial charge in [-0.2, -0.15) is 10.2 Å². The Morgan fingerprint density at radius 1 is 0.909 bits per heavy atom. The van der Waals surface area contributed by atoms with Gasteiger partial charge in [0.15, 0.2) is 5.82 Å². The average molecular weight is 291 g/mol. The number of benzene rings is 1. The zero-order valence-corrected chi connectivity index (χ0v) is 11.5. The first kappa shape index (κ1) is 12.4. The quantitative estimate of drug-likeness (QED) is 0.451. The Kier molecular flexibility index (Phi) is 2.59. The topological polar surface area (TPSA) is 122 Å². The van der Waals surface area contributed by atoms with E-state index in [0.717, 1.165) is 33.3 Å². The lowest BCUT2D eigenvalue weighted by atomic mass is 9.99. The van der Waals surface area contributed by atoms with Crippen molar-refractivity contribution in [1.29, 1.82) is 0 Å². The Labute approximate surface area is 125 Å². The molecule has 108 valence electrons. The van der Waals surface area contributed by atoms with Crippen molar-refractivity contribution in [1.82, 2.24) is 25.4 Å². The van der Waals surface area contributed by atoms with Crippen LogP contribution in [-0.2, 0) is 0 Å². The lowest BCUT2D eigenvalue weighted by Crippen LogP contribution is -1.91. The largest absolute Gasteiger partial charge is 0.384 e. The van der Waals surface area contributed by atoms with Crippen molar-refractivity contribution in [3.8, 4) is 22.4 Å². The molecule has 4 aromatic rings. The van der Waals surface area contributed by atoms with Crippen LogP contribution in [0.3, 0.4) is 0 Å². The maximum absolute atomic E-state index is 5.97. The number of nitrogens with zero attached hydrogens (tertiary/aromatic N) is 3. The Morgan fingerprint density at radius 3 is 2.59 bits per heavy atom. The third-order valence-electron chi connectivity index (χ3n) is 3.61. The summed E-state index contributed by atoms with van der Waals surface area (Å²) in [4.78, 5) is 4.03. The number of nitrogens with two attached hydrogens (primary N) is 2. The van der Waals surface area contributed by atoms with E-state index in [4.69, 9.17) is 11.5 Å². The van der Waals surface area contributed by atoms with Crippen LogP contribution in [-0.4, -0.2) is 25.4 Å². The van der Waals surface area contributed by atoms with Crippen LogP contribution in [0.5, 0.6) is 0 Å². The highest BCUT2D eigenvalue weighted by molar-refractivity contribution is 6.01. The predicted octanol–water partition coefficient (Wildman–Crippen LogP) is 2.18. The molecule has 0 unspecified atom stereocenters. The smallest absolute Gasteiger partial charge is 0.153 e. The third-order valence-corrected chi connectivity index (χ3v) is 3.61. The van der Waals surface area contributed by atoms with Crippen LogP contribution >= 0.6 is 0 Å². The number of rotatable bonds is 2. The number of aromatic amines is 2. The second-order valence-corrected chi connectivity index (χ2v) is 4.99. The summed E-state index contributed by atoms with van der Waals surface area (Å²) in [5.41, 5.74) is 16.4. The molecule has 1 aromatic carbocycles. The summed E-state index contributed by atoms with van der Waals surface area (Å²) in [6.45, 7) is 0. The van der Waals surface area contributed by atoms with E-state index in [0.29, 0.717) is 11.6 Å². The van der Waals surface area contributed by atoms with Crippen molar-refractivity contribution < 1.29 is 0 Å². The summed E-state index contributed by atoms with van der Waals surface area (Å²) in [7, 11) is 0. The number of H-pyrrole nitrogens is 2. The molecule has 3 heterocycles. The number of nitrogen functional groups attached to an aromatic ring is 2. The van der Waals surface area contributed by atoms with E-state index in [2.05, 4.69) is 25.4 Å². The minimum atomic E-state index is 0.458. The molecule has 22 heavy (non-hydrogen) atoms. The number of fused-ring (bicyclic) bond motifs is 1. The van der Waals surface area contributed by atoms with Gasteiger partial charge in [-0.1, -0.05) is 0 Å². The van der Waals surface area contributed by atoms with Gasteiger partial charge in [0.05, 0.1) is 11.2 Å². The van der Waals surface area contributed by atoms with Crippen LogP contribution in [0.2, 0.25) is 0 Å². The molecule has 7 nitrogen and oxygen atoms in total. The SMILES string of the molecule is Nc1cc(-c2cc(-c3ccn[nH]3)c3[nH]nc(N)c3c2)ccn1. The highest BCUT2D eigenvalue weighted by atomic mass is 15.2. The number of aromatic nitrogens is 5. The van der Waals surface area contributed by atoms with Gasteiger partial charge in [-0.3, -0.25) is 10.2 Å². The van der Waals surface area contributed by atoms with E-state index in [-0.39, 0.29) is 0 Å². The Morgan fingerprint density at radius 2 is 1.82 bits per heavy atom. The van der Waals surface area contributed by atoms with E-state index in [1.54, 1.807) is 12.4 Å². The standard InChI is InChI=1S/C15H13N7/c16-13-7-8(1-3-18-13)9-5-10(12-2-4-19-20-12)14-11(6-9)15(17)22-21-14/h1-7H,(H2,16,18)(H,19,20)(H3,17,21,22). The highest BCUT2D eigenvalue weighted by Gasteiger charge is 2.13. The maximum Gasteiger partial charge on any atom is 0.153 e. The van der Waals surface area contributed by atoms with Gasteiger partial charge < -0.3 is 11.5 Å². The van der Waals surface area contributed by atoms with Crippen molar-refractivity contribution in [3.63, 3.8) is 0 Å². The molecule has 0 aliphatic rings. The van der Waals surface area contributed by atoms with Crippen LogP contribution in [0.1, 0.15) is 0 Å². The van der Waals surface area contributed by atoms with Gasteiger partial charge >= 0.3 is 0 Å². The van der Waals surface area contributed by atoms with Crippen molar-refractivity contribution in [2.75, 3.05) is 11.5 Å². The molecule has 0 bridgehead atoms. The summed E-state index contributed by atoms with van der Waals surface area (Å²) < 4.78 is 0. The summed E-state index contributed by atoms with van der Waals surface area (Å²) in [6.07, 6.45) is 3.39. The number of pyridine rings is 1. The van der Waals surface area contributed by atoms with Gasteiger partial charge in [0.1, 0.15) is 5.82 Å². The number of anilines is 2. The lowest BCUT2D eigenvalue weighted by Gasteiger charge is -2.07. The number of nitrogens with one attached hydrogen (secondary N) is 2. The number of hydrogen-bond donors (Lipinski definition) is 4. The minimum Gasteiger partial charge on any atom is -0.384 e. The van der Waals surface area contributed by atoms with Gasteiger partial charge in [0.25, 0.3) is 0 Å². The monoisotopic (exact) mass is 291 g/mol. The maximum atomic E-state index is 5.97. The Bertz CT molecular complexity index is 953. The van der Waals surface area contributed by atoms with E-state index in [1.165, 1.54) is 0 Å². The van der Waals surface area contributed by atoms with Crippen LogP contribution in [0.15, 0.2) is 42.7 Å². The fourth-order valence-corrected chi connectivity index (χ4v) is 2.55. The second kappa shape index (κ2) is 4.59. The van der Waals surface area contributed by atoms with Crippen LogP contribution in [0.25, 0.3) is 33.3 Å². The Hall–Kier alpha value is -3.35. The molecule has 6 N–H and O–H groups in total. The highest BCUT2D eigenvalue weighted by Crippen LogP contribution is 2.34. The van der Waals surface area contributed by atoms with Gasteiger partial charge in [-0.25, -0.2) is 4.98 Å². The predicted molar refractivity (Wildman–Crippen MR) is 85.7 cm³/mol. The van der Waals surface area contributed by atoms with Crippen molar-refractivity contribution >= 4 is 22.5 Å². The molecule has 0 atom stereocenters. The van der Waals surface area contributed by atoms with E-state index >= 15 is 0 Å². The van der Waals surface area contributed by atoms with Crippen molar-refractivity contribution in [2.45, 2.75) is 0 Å². The molecule has 3 aromatic heterocycles. The van der Waals surface area contributed by atoms with Gasteiger partial charge in [-0.05, 0) is 41.5 Å². The fraction of sp³-hybridized carbons (Fsp3) is 0. The third kappa shape index (κ3) is 1.87. The minimum absolute atomic E-state index is 0.458. The first-order chi connectivity index (χ1) is 10.7. The molecule has 7 heteroatoms. The molecule has 0 spiro atoms. The molecular formula is C15H13N7. The van der Waals surface area contributed by atoms with Gasteiger partial charge in [-0.15, -0.1) is 0 Å². The zero-order chi connectivity index (χ0) is 15.1. The summed E-state index contributed by atoms with van der Waals surface area (Å²) >= 11 is 0. The van der Waals surface area contributed by atoms with E-state index in [1.807, 2.05) is 30.3 Å². The van der Waals surface area contributed by atoms with Crippen molar-refractivity contribution in [3.05, 3.63) is 42.7 Å². The van der Waals surface area contributed by atoms with Crippen LogP contribution < -0.4 is 11.5 Å². The van der Waals surface area contributed by atoms with Crippen LogP contribution in [0.4, 0.5) is 11.6 Å². The number of hydrogen-bond acceptors (Lipinski definition) is 5. The Balaban J connectivity index is 2.03. The molecule has 0 saturated heterocycles. The van der Waals surface area contributed by atoms with E-state index < -0.39 is 0 Å². The summed E-state index contributed by atoms with van der Waals surface area (Å²) in [6, 6.07) is 9.67. The molecule has 0 saturated carbocycles. The van der Waals surface area contributed by atoms with Crippen molar-refractivity contribution in [2.24, 2.45) is 0 Å². The molecule has 4 rings (SSSR count). The van der Waals surface area contributed by atoms with E-state index in [9.17, 15) is 0 Å². The first-order valence-corrected chi connectivity index (χ1v) is 6.71. The van der Waals surface area contributed by atoms with Crippen LogP contribution in [0, 0.1) is 0 Å². The molecule has 0 amide bonds. The zero-order valence-electron chi connectivity index (χ0n) is 11.5. The molecule has 0 fully saturated rings. The molecule has 0 aliphatic heterocycles. The first-order valence-electron chi connectivity index (χ1n) is 6.71. The normalized spacial score (nSPS) is 11.1. The summed E-state index contributed by atoms with van der Waals surface area (Å²) in [5, 5.41) is 14.9. The molecule has 0 aliphatic carbocycles. The average Bonchev–Trinajstić information content (AvgIpc) is 3.17. The molecular weight excluding hydrogens is 278 g/mol. The summed E-state index contributed by atoms with van der Waals surface area (Å²) in [5.74, 6) is 0.931. The van der Waals surface area contributed by atoms with Gasteiger partial charge in [0.2, 0.25) is 0 Å². The van der Waals surface area contributed by atoms with Gasteiger partial charge in [0, 0.05) is 23.3 Å². The molecule has 0 radical (unpaired) electrons. The fourth-order valence-electron chi connectivity index (χ4n) is 2.55.